The summed E-state index contributed by atoms with van der Waals surface area (Å²) in [5.41, 5.74) is 0. The Morgan fingerprint density at radius 2 is 2.09 bits per heavy atom. The standard InChI is InChI=1S/C7H14O4/c1-4-5(9)2-7(10)11-6(4)3-8/h4-10H,2-3H2,1H3/t4-,5-,6-,7-/m1/s1. The topological polar surface area (TPSA) is 69.9 Å². The number of rotatable bonds is 1. The molecule has 1 fully saturated rings. The van der Waals surface area contributed by atoms with Crippen molar-refractivity contribution in [2.45, 2.75) is 31.8 Å². The monoisotopic (exact) mass is 162 g/mol. The minimum atomic E-state index is -0.932. The molecule has 0 unspecified atom stereocenters. The van der Waals surface area contributed by atoms with Crippen LogP contribution in [0, 0.1) is 5.92 Å². The van der Waals surface area contributed by atoms with Crippen LogP contribution in [0.1, 0.15) is 13.3 Å². The van der Waals surface area contributed by atoms with E-state index in [9.17, 15) is 5.11 Å². The van der Waals surface area contributed by atoms with Crippen molar-refractivity contribution in [3.05, 3.63) is 0 Å². The lowest BCUT2D eigenvalue weighted by atomic mass is 9.93. The molecule has 0 aromatic heterocycles. The molecule has 66 valence electrons. The van der Waals surface area contributed by atoms with Crippen molar-refractivity contribution in [2.24, 2.45) is 5.92 Å². The van der Waals surface area contributed by atoms with Crippen LogP contribution < -0.4 is 0 Å². The van der Waals surface area contributed by atoms with E-state index in [1.165, 1.54) is 0 Å². The number of aliphatic hydroxyl groups excluding tert-OH is 3. The summed E-state index contributed by atoms with van der Waals surface area (Å²) in [6, 6.07) is 0. The van der Waals surface area contributed by atoms with Crippen LogP contribution in [-0.2, 0) is 4.74 Å². The molecule has 11 heavy (non-hydrogen) atoms. The fourth-order valence-electron chi connectivity index (χ4n) is 1.26. The summed E-state index contributed by atoms with van der Waals surface area (Å²) in [5.74, 6) is -0.108. The Balaban J connectivity index is 2.51. The highest BCUT2D eigenvalue weighted by Crippen LogP contribution is 2.23. The van der Waals surface area contributed by atoms with E-state index in [-0.39, 0.29) is 18.9 Å². The second-order valence-electron chi connectivity index (χ2n) is 2.97. The van der Waals surface area contributed by atoms with Crippen molar-refractivity contribution >= 4 is 0 Å². The van der Waals surface area contributed by atoms with Crippen LogP contribution in [0.25, 0.3) is 0 Å². The fraction of sp³-hybridized carbons (Fsp3) is 1.00. The van der Waals surface area contributed by atoms with E-state index in [4.69, 9.17) is 14.9 Å². The van der Waals surface area contributed by atoms with Crippen molar-refractivity contribution in [3.8, 4) is 0 Å². The van der Waals surface area contributed by atoms with Crippen LogP contribution in [0.5, 0.6) is 0 Å². The number of ether oxygens (including phenoxy) is 1. The molecule has 0 amide bonds. The van der Waals surface area contributed by atoms with Gasteiger partial charge in [0, 0.05) is 12.3 Å². The van der Waals surface area contributed by atoms with E-state index in [1.54, 1.807) is 6.92 Å². The molecule has 0 spiro atoms. The number of hydrogen-bond donors (Lipinski definition) is 3. The molecule has 1 saturated heterocycles. The molecule has 0 aliphatic carbocycles. The predicted molar refractivity (Wildman–Crippen MR) is 37.8 cm³/mol. The van der Waals surface area contributed by atoms with Gasteiger partial charge in [-0.05, 0) is 0 Å². The Morgan fingerprint density at radius 1 is 1.45 bits per heavy atom. The van der Waals surface area contributed by atoms with Gasteiger partial charge in [-0.2, -0.15) is 0 Å². The summed E-state index contributed by atoms with van der Waals surface area (Å²) >= 11 is 0. The average molecular weight is 162 g/mol. The Labute approximate surface area is 65.4 Å². The Morgan fingerprint density at radius 3 is 2.64 bits per heavy atom. The van der Waals surface area contributed by atoms with E-state index < -0.39 is 18.5 Å². The van der Waals surface area contributed by atoms with Crippen LogP contribution in [0.4, 0.5) is 0 Å². The highest BCUT2D eigenvalue weighted by Gasteiger charge is 2.33. The van der Waals surface area contributed by atoms with E-state index in [1.807, 2.05) is 0 Å². The van der Waals surface area contributed by atoms with Crippen LogP contribution in [0.15, 0.2) is 0 Å². The minimum absolute atomic E-state index is 0.108. The average Bonchev–Trinajstić information content (AvgIpc) is 1.96. The van der Waals surface area contributed by atoms with Gasteiger partial charge in [-0.25, -0.2) is 0 Å². The van der Waals surface area contributed by atoms with Crippen LogP contribution in [-0.4, -0.2) is 40.4 Å². The second-order valence-corrected chi connectivity index (χ2v) is 2.97. The van der Waals surface area contributed by atoms with Gasteiger partial charge < -0.3 is 20.1 Å². The maximum Gasteiger partial charge on any atom is 0.157 e. The highest BCUT2D eigenvalue weighted by atomic mass is 16.6. The van der Waals surface area contributed by atoms with E-state index >= 15 is 0 Å². The lowest BCUT2D eigenvalue weighted by molar-refractivity contribution is -0.219. The fourth-order valence-corrected chi connectivity index (χ4v) is 1.26. The van der Waals surface area contributed by atoms with Gasteiger partial charge in [-0.3, -0.25) is 0 Å². The van der Waals surface area contributed by atoms with E-state index in [0.717, 1.165) is 0 Å². The van der Waals surface area contributed by atoms with Crippen molar-refractivity contribution < 1.29 is 20.1 Å². The number of hydrogen-bond acceptors (Lipinski definition) is 4. The van der Waals surface area contributed by atoms with Gasteiger partial charge in [0.15, 0.2) is 6.29 Å². The molecule has 3 N–H and O–H groups in total. The summed E-state index contributed by atoms with van der Waals surface area (Å²) in [5, 5.41) is 27.1. The van der Waals surface area contributed by atoms with Gasteiger partial charge in [0.2, 0.25) is 0 Å². The van der Waals surface area contributed by atoms with Gasteiger partial charge >= 0.3 is 0 Å². The molecule has 0 saturated carbocycles. The summed E-state index contributed by atoms with van der Waals surface area (Å²) in [6.07, 6.45) is -1.71. The smallest absolute Gasteiger partial charge is 0.157 e. The van der Waals surface area contributed by atoms with E-state index in [2.05, 4.69) is 0 Å². The Kier molecular flexibility index (Phi) is 2.84. The van der Waals surface area contributed by atoms with Crippen molar-refractivity contribution in [1.82, 2.24) is 0 Å². The largest absolute Gasteiger partial charge is 0.394 e. The van der Waals surface area contributed by atoms with Crippen LogP contribution >= 0.6 is 0 Å². The second kappa shape index (κ2) is 3.49. The third-order valence-electron chi connectivity index (χ3n) is 2.15. The van der Waals surface area contributed by atoms with E-state index in [0.29, 0.717) is 0 Å². The molecular formula is C7H14O4. The first-order valence-corrected chi connectivity index (χ1v) is 3.77. The zero-order valence-electron chi connectivity index (χ0n) is 6.47. The molecule has 1 aliphatic heterocycles. The van der Waals surface area contributed by atoms with Crippen LogP contribution in [0.3, 0.4) is 0 Å². The van der Waals surface area contributed by atoms with Gasteiger partial charge in [-0.15, -0.1) is 0 Å². The summed E-state index contributed by atoms with van der Waals surface area (Å²) in [4.78, 5) is 0. The van der Waals surface area contributed by atoms with Crippen molar-refractivity contribution in [2.75, 3.05) is 6.61 Å². The number of aliphatic hydroxyl groups is 3. The normalized spacial score (nSPS) is 45.8. The Bertz CT molecular complexity index is 128. The van der Waals surface area contributed by atoms with Gasteiger partial charge in [0.1, 0.15) is 0 Å². The highest BCUT2D eigenvalue weighted by molar-refractivity contribution is 4.78. The molecule has 1 aliphatic rings. The predicted octanol–water partition coefficient (Wildman–Crippen LogP) is -0.917. The zero-order chi connectivity index (χ0) is 8.43. The van der Waals surface area contributed by atoms with Gasteiger partial charge in [-0.1, -0.05) is 6.92 Å². The zero-order valence-corrected chi connectivity index (χ0v) is 6.47. The van der Waals surface area contributed by atoms with Crippen molar-refractivity contribution in [3.63, 3.8) is 0 Å². The van der Waals surface area contributed by atoms with Gasteiger partial charge in [0.05, 0.1) is 18.8 Å². The third kappa shape index (κ3) is 1.90. The molecule has 0 aromatic rings. The van der Waals surface area contributed by atoms with Crippen molar-refractivity contribution in [1.29, 1.82) is 0 Å². The molecule has 1 rings (SSSR count). The first kappa shape index (κ1) is 8.93. The molecule has 0 bridgehead atoms. The molecule has 0 aromatic carbocycles. The summed E-state index contributed by atoms with van der Waals surface area (Å²) < 4.78 is 4.96. The molecule has 4 heteroatoms. The Hall–Kier alpha value is -0.160. The first-order chi connectivity index (χ1) is 5.15. The lowest BCUT2D eigenvalue weighted by Crippen LogP contribution is -2.44. The maximum absolute atomic E-state index is 9.30. The SMILES string of the molecule is C[C@@H]1[C@H](O)C[C@H](O)O[C@@H]1CO. The quantitative estimate of drug-likeness (QED) is 0.466. The molecule has 0 radical (unpaired) electrons. The van der Waals surface area contributed by atoms with Gasteiger partial charge in [0.25, 0.3) is 0 Å². The first-order valence-electron chi connectivity index (χ1n) is 3.77. The third-order valence-corrected chi connectivity index (χ3v) is 2.15. The molecule has 4 atom stereocenters. The molecule has 4 nitrogen and oxygen atoms in total. The van der Waals surface area contributed by atoms with Crippen LogP contribution in [0.2, 0.25) is 0 Å². The molecular weight excluding hydrogens is 148 g/mol. The maximum atomic E-state index is 9.30. The minimum Gasteiger partial charge on any atom is -0.394 e. The summed E-state index contributed by atoms with van der Waals surface area (Å²) in [6.45, 7) is 1.63. The summed E-state index contributed by atoms with van der Waals surface area (Å²) in [7, 11) is 0. The lowest BCUT2D eigenvalue weighted by Gasteiger charge is -2.34. The molecule has 1 heterocycles.